The van der Waals surface area contributed by atoms with Gasteiger partial charge in [-0.3, -0.25) is 0 Å². The minimum atomic E-state index is -0.292. The number of hydrogen-bond donors (Lipinski definition) is 1. The van der Waals surface area contributed by atoms with Gasteiger partial charge in [0.2, 0.25) is 0 Å². The fraction of sp³-hybridized carbons (Fsp3) is 0.300. The summed E-state index contributed by atoms with van der Waals surface area (Å²) in [5, 5.41) is 4.42. The molecule has 1 atom stereocenters. The molecule has 3 heterocycles. The fourth-order valence-corrected chi connectivity index (χ4v) is 7.06. The number of aromatic nitrogens is 1. The lowest BCUT2D eigenvalue weighted by Gasteiger charge is -2.32. The number of amides is 2. The first-order valence-electron chi connectivity index (χ1n) is 12.7. The van der Waals surface area contributed by atoms with Crippen LogP contribution in [0, 0.1) is 6.92 Å². The highest BCUT2D eigenvalue weighted by atomic mass is 32.1. The topological polar surface area (TPSA) is 55.7 Å². The number of nitrogens with zero attached hydrogens (tertiary/aromatic N) is 2. The van der Waals surface area contributed by atoms with Crippen LogP contribution >= 0.6 is 11.3 Å². The molecule has 0 spiro atoms. The molecule has 6 nitrogen and oxygen atoms in total. The second-order valence-electron chi connectivity index (χ2n) is 9.74. The Morgan fingerprint density at radius 2 is 1.86 bits per heavy atom. The average Bonchev–Trinajstić information content (AvgIpc) is 3.50. The number of ether oxygens (including phenoxy) is 2. The van der Waals surface area contributed by atoms with Crippen molar-refractivity contribution < 1.29 is 14.3 Å². The molecular weight excluding hydrogens is 482 g/mol. The Kier molecular flexibility index (Phi) is 6.16. The normalized spacial score (nSPS) is 16.3. The SMILES string of the molecule is COc1cccc([C@H]2c3cccn3-c3sc4c(c3CN2C(=O)Nc2cc(C)ccc2OC)CCCC4)c1. The Bertz CT molecular complexity index is 1470. The highest BCUT2D eigenvalue weighted by Gasteiger charge is 2.36. The molecular formula is C30H31N3O3S. The van der Waals surface area contributed by atoms with Gasteiger partial charge in [-0.15, -0.1) is 11.3 Å². The lowest BCUT2D eigenvalue weighted by atomic mass is 9.95. The second kappa shape index (κ2) is 9.63. The van der Waals surface area contributed by atoms with Crippen LogP contribution in [0.4, 0.5) is 10.5 Å². The van der Waals surface area contributed by atoms with E-state index in [-0.39, 0.29) is 12.1 Å². The number of hydrogen-bond acceptors (Lipinski definition) is 4. The number of fused-ring (bicyclic) bond motifs is 5. The maximum absolute atomic E-state index is 14.2. The van der Waals surface area contributed by atoms with E-state index < -0.39 is 0 Å². The van der Waals surface area contributed by atoms with E-state index in [0.717, 1.165) is 35.4 Å². The van der Waals surface area contributed by atoms with E-state index in [1.807, 2.05) is 59.6 Å². The van der Waals surface area contributed by atoms with E-state index in [9.17, 15) is 4.79 Å². The Morgan fingerprint density at radius 3 is 2.70 bits per heavy atom. The summed E-state index contributed by atoms with van der Waals surface area (Å²) < 4.78 is 13.4. The summed E-state index contributed by atoms with van der Waals surface area (Å²) in [5.74, 6) is 1.41. The number of urea groups is 1. The monoisotopic (exact) mass is 513 g/mol. The average molecular weight is 514 g/mol. The molecule has 0 fully saturated rings. The molecule has 0 radical (unpaired) electrons. The Hall–Kier alpha value is -3.71. The summed E-state index contributed by atoms with van der Waals surface area (Å²) in [6, 6.07) is 17.6. The molecule has 0 bridgehead atoms. The van der Waals surface area contributed by atoms with E-state index in [1.54, 1.807) is 14.2 Å². The van der Waals surface area contributed by atoms with Gasteiger partial charge >= 0.3 is 6.03 Å². The van der Waals surface area contributed by atoms with Gasteiger partial charge < -0.3 is 24.3 Å². The largest absolute Gasteiger partial charge is 0.497 e. The molecule has 1 aliphatic heterocycles. The van der Waals surface area contributed by atoms with Crippen molar-refractivity contribution in [3.63, 3.8) is 0 Å². The highest BCUT2D eigenvalue weighted by molar-refractivity contribution is 7.15. The van der Waals surface area contributed by atoms with Gasteiger partial charge in [0.1, 0.15) is 16.5 Å². The molecule has 0 unspecified atom stereocenters. The van der Waals surface area contributed by atoms with E-state index in [4.69, 9.17) is 9.47 Å². The van der Waals surface area contributed by atoms with Crippen LogP contribution in [0.15, 0.2) is 60.8 Å². The standard InChI is InChI=1S/C30H31N3O3S/c1-19-13-14-26(36-3)24(16-19)31-30(34)33-18-23-22-10-4-5-12-27(22)37-29(23)32-15-7-11-25(32)28(33)20-8-6-9-21(17-20)35-2/h6-9,11,13-17,28H,4-5,10,12,18H2,1-3H3,(H,31,34)/t28-/m0/s1. The number of anilines is 1. The van der Waals surface area contributed by atoms with Gasteiger partial charge in [-0.25, -0.2) is 4.79 Å². The molecule has 0 saturated carbocycles. The predicted molar refractivity (Wildman–Crippen MR) is 147 cm³/mol. The van der Waals surface area contributed by atoms with Crippen molar-refractivity contribution in [3.8, 4) is 16.5 Å². The van der Waals surface area contributed by atoms with Crippen LogP contribution in [0.1, 0.15) is 51.7 Å². The zero-order chi connectivity index (χ0) is 25.5. The van der Waals surface area contributed by atoms with E-state index in [2.05, 4.69) is 34.3 Å². The van der Waals surface area contributed by atoms with Crippen LogP contribution in [0.5, 0.6) is 11.5 Å². The van der Waals surface area contributed by atoms with Crippen molar-refractivity contribution in [1.29, 1.82) is 0 Å². The number of carbonyl (C=O) groups is 1. The number of rotatable bonds is 4. The first-order chi connectivity index (χ1) is 18.1. The summed E-state index contributed by atoms with van der Waals surface area (Å²) >= 11 is 1.89. The Labute approximate surface area is 221 Å². The Balaban J connectivity index is 1.50. The number of methoxy groups -OCH3 is 2. The van der Waals surface area contributed by atoms with Gasteiger partial charge in [0.15, 0.2) is 0 Å². The second-order valence-corrected chi connectivity index (χ2v) is 10.8. The molecule has 1 aliphatic carbocycles. The summed E-state index contributed by atoms with van der Waals surface area (Å²) in [6.07, 6.45) is 6.75. The Morgan fingerprint density at radius 1 is 1.00 bits per heavy atom. The molecule has 2 aliphatic rings. The minimum absolute atomic E-state index is 0.159. The lowest BCUT2D eigenvalue weighted by molar-refractivity contribution is 0.194. The highest BCUT2D eigenvalue weighted by Crippen LogP contribution is 2.44. The van der Waals surface area contributed by atoms with Crippen molar-refractivity contribution in [3.05, 3.63) is 93.6 Å². The summed E-state index contributed by atoms with van der Waals surface area (Å²) in [4.78, 5) is 17.6. The van der Waals surface area contributed by atoms with Crippen LogP contribution < -0.4 is 14.8 Å². The third kappa shape index (κ3) is 4.17. The van der Waals surface area contributed by atoms with Crippen molar-refractivity contribution >= 4 is 23.1 Å². The molecule has 190 valence electrons. The molecule has 1 N–H and O–H groups in total. The number of thiophene rings is 1. The third-order valence-corrected chi connectivity index (χ3v) is 8.78. The first-order valence-corrected chi connectivity index (χ1v) is 13.6. The lowest BCUT2D eigenvalue weighted by Crippen LogP contribution is -2.38. The van der Waals surface area contributed by atoms with Gasteiger partial charge in [-0.05, 0) is 85.7 Å². The van der Waals surface area contributed by atoms with Gasteiger partial charge in [0.25, 0.3) is 0 Å². The van der Waals surface area contributed by atoms with Crippen LogP contribution in [0.25, 0.3) is 5.00 Å². The summed E-state index contributed by atoms with van der Waals surface area (Å²) in [7, 11) is 3.30. The number of benzene rings is 2. The summed E-state index contributed by atoms with van der Waals surface area (Å²) in [6.45, 7) is 2.54. The number of nitrogens with one attached hydrogen (secondary N) is 1. The zero-order valence-electron chi connectivity index (χ0n) is 21.4. The maximum Gasteiger partial charge on any atom is 0.323 e. The first kappa shape index (κ1) is 23.7. The van der Waals surface area contributed by atoms with Crippen molar-refractivity contribution in [1.82, 2.24) is 9.47 Å². The molecule has 6 rings (SSSR count). The van der Waals surface area contributed by atoms with Crippen molar-refractivity contribution in [2.75, 3.05) is 19.5 Å². The molecule has 0 saturated heterocycles. The van der Waals surface area contributed by atoms with E-state index >= 15 is 0 Å². The fourth-order valence-electron chi connectivity index (χ4n) is 5.66. The quantitative estimate of drug-likeness (QED) is 0.324. The van der Waals surface area contributed by atoms with Crippen LogP contribution in [-0.4, -0.2) is 29.7 Å². The van der Waals surface area contributed by atoms with Gasteiger partial charge in [0, 0.05) is 16.6 Å². The number of aryl methyl sites for hydroxylation is 2. The van der Waals surface area contributed by atoms with Crippen molar-refractivity contribution in [2.24, 2.45) is 0 Å². The molecule has 4 aromatic rings. The van der Waals surface area contributed by atoms with Crippen LogP contribution in [0.3, 0.4) is 0 Å². The third-order valence-electron chi connectivity index (χ3n) is 7.45. The molecule has 2 aromatic carbocycles. The van der Waals surface area contributed by atoms with E-state index in [0.29, 0.717) is 18.0 Å². The summed E-state index contributed by atoms with van der Waals surface area (Å²) in [5.41, 5.74) is 6.51. The van der Waals surface area contributed by atoms with Crippen LogP contribution in [-0.2, 0) is 19.4 Å². The van der Waals surface area contributed by atoms with E-state index in [1.165, 1.54) is 33.8 Å². The van der Waals surface area contributed by atoms with Crippen molar-refractivity contribution in [2.45, 2.75) is 45.2 Å². The minimum Gasteiger partial charge on any atom is -0.497 e. The molecule has 37 heavy (non-hydrogen) atoms. The number of carbonyl (C=O) groups excluding carboxylic acids is 1. The van der Waals surface area contributed by atoms with Crippen LogP contribution in [0.2, 0.25) is 0 Å². The van der Waals surface area contributed by atoms with Gasteiger partial charge in [-0.2, -0.15) is 0 Å². The zero-order valence-corrected chi connectivity index (χ0v) is 22.2. The molecule has 7 heteroatoms. The van der Waals surface area contributed by atoms with Gasteiger partial charge in [-0.1, -0.05) is 18.2 Å². The molecule has 2 aromatic heterocycles. The molecule has 2 amide bonds. The predicted octanol–water partition coefficient (Wildman–Crippen LogP) is 6.88. The smallest absolute Gasteiger partial charge is 0.323 e. The van der Waals surface area contributed by atoms with Gasteiger partial charge in [0.05, 0.1) is 38.2 Å². The maximum atomic E-state index is 14.2.